The molecule has 1 fully saturated rings. The van der Waals surface area contributed by atoms with E-state index in [-0.39, 0.29) is 18.7 Å². The molecule has 0 radical (unpaired) electrons. The second-order valence-corrected chi connectivity index (χ2v) is 5.68. The number of aryl methyl sites for hydroxylation is 2. The average Bonchev–Trinajstić information content (AvgIpc) is 3.03. The predicted octanol–water partition coefficient (Wildman–Crippen LogP) is 2.52. The van der Waals surface area contributed by atoms with Gasteiger partial charge in [0.15, 0.2) is 17.5 Å². The topological polar surface area (TPSA) is 66.6 Å². The maximum Gasteiger partial charge on any atom is 0.292 e. The molecule has 2 unspecified atom stereocenters. The lowest BCUT2D eigenvalue weighted by atomic mass is 10.0. The van der Waals surface area contributed by atoms with E-state index in [1.165, 1.54) is 11.0 Å². The van der Waals surface area contributed by atoms with Gasteiger partial charge in [0.25, 0.3) is 5.91 Å². The number of rotatable bonds is 2. The fourth-order valence-electron chi connectivity index (χ4n) is 2.93. The van der Waals surface area contributed by atoms with Crippen molar-refractivity contribution < 1.29 is 23.1 Å². The van der Waals surface area contributed by atoms with Gasteiger partial charge >= 0.3 is 0 Å². The van der Waals surface area contributed by atoms with Gasteiger partial charge in [0, 0.05) is 13.5 Å². The van der Waals surface area contributed by atoms with E-state index in [4.69, 9.17) is 4.42 Å². The summed E-state index contributed by atoms with van der Waals surface area (Å²) in [4.78, 5) is 18.1. The smallest absolute Gasteiger partial charge is 0.292 e. The van der Waals surface area contributed by atoms with Crippen LogP contribution in [0, 0.1) is 25.5 Å². The van der Waals surface area contributed by atoms with Crippen molar-refractivity contribution in [3.8, 4) is 0 Å². The molecule has 122 valence electrons. The number of hydrogen-bond acceptors (Lipinski definition) is 4. The van der Waals surface area contributed by atoms with Crippen molar-refractivity contribution in [3.63, 3.8) is 0 Å². The lowest BCUT2D eigenvalue weighted by Crippen LogP contribution is -2.32. The van der Waals surface area contributed by atoms with Crippen LogP contribution in [-0.4, -0.2) is 33.5 Å². The summed E-state index contributed by atoms with van der Waals surface area (Å²) >= 11 is 0. The molecule has 1 saturated heterocycles. The molecule has 1 aliphatic heterocycles. The van der Waals surface area contributed by atoms with E-state index in [0.29, 0.717) is 17.1 Å². The first-order valence-electron chi connectivity index (χ1n) is 7.25. The van der Waals surface area contributed by atoms with Crippen LogP contribution in [0.15, 0.2) is 22.6 Å². The van der Waals surface area contributed by atoms with E-state index in [0.717, 1.165) is 12.1 Å². The number of aliphatic hydroxyl groups excluding tert-OH is 1. The van der Waals surface area contributed by atoms with Crippen LogP contribution in [0.1, 0.15) is 40.2 Å². The van der Waals surface area contributed by atoms with Gasteiger partial charge in [-0.15, -0.1) is 0 Å². The minimum Gasteiger partial charge on any atom is -0.436 e. The standard InChI is InChI=1S/C16H16F2N2O3/c1-8-15(23-9(2)19-8)16(22)20-7-11(21)6-14(20)10-3-4-12(17)13(18)5-10/h3-5,11,14,21H,6-7H2,1-2H3. The third-order valence-electron chi connectivity index (χ3n) is 3.97. The van der Waals surface area contributed by atoms with Crippen LogP contribution in [-0.2, 0) is 0 Å². The number of β-amino-alcohol motifs (C(OH)–C–C–N with tert-alkyl or cyclic N) is 1. The maximum atomic E-state index is 13.5. The minimum atomic E-state index is -0.983. The summed E-state index contributed by atoms with van der Waals surface area (Å²) in [5.74, 6) is -1.89. The fraction of sp³-hybridized carbons (Fsp3) is 0.375. The number of carbonyl (C=O) groups is 1. The second-order valence-electron chi connectivity index (χ2n) is 5.68. The number of hydrogen-bond donors (Lipinski definition) is 1. The molecule has 1 aromatic heterocycles. The quantitative estimate of drug-likeness (QED) is 0.922. The van der Waals surface area contributed by atoms with Crippen LogP contribution in [0.25, 0.3) is 0 Å². The Bertz CT molecular complexity index is 760. The van der Waals surface area contributed by atoms with Crippen LogP contribution in [0.4, 0.5) is 8.78 Å². The Morgan fingerprint density at radius 2 is 2.09 bits per heavy atom. The van der Waals surface area contributed by atoms with Crippen LogP contribution >= 0.6 is 0 Å². The highest BCUT2D eigenvalue weighted by atomic mass is 19.2. The Hall–Kier alpha value is -2.28. The fourth-order valence-corrected chi connectivity index (χ4v) is 2.93. The molecule has 0 aliphatic carbocycles. The molecule has 23 heavy (non-hydrogen) atoms. The number of oxazole rings is 1. The van der Waals surface area contributed by atoms with Gasteiger partial charge in [-0.3, -0.25) is 4.79 Å². The summed E-state index contributed by atoms with van der Waals surface area (Å²) in [6.07, 6.45) is -0.482. The largest absolute Gasteiger partial charge is 0.436 e. The SMILES string of the molecule is Cc1nc(C)c(C(=O)N2CC(O)CC2c2ccc(F)c(F)c2)o1. The Morgan fingerprint density at radius 1 is 1.35 bits per heavy atom. The Labute approximate surface area is 131 Å². The lowest BCUT2D eigenvalue weighted by molar-refractivity contribution is 0.0681. The van der Waals surface area contributed by atoms with Crippen molar-refractivity contribution in [1.82, 2.24) is 9.88 Å². The lowest BCUT2D eigenvalue weighted by Gasteiger charge is -2.24. The van der Waals surface area contributed by atoms with E-state index in [2.05, 4.69) is 4.98 Å². The molecule has 0 spiro atoms. The third-order valence-corrected chi connectivity index (χ3v) is 3.97. The minimum absolute atomic E-state index is 0.0989. The number of halogens is 2. The molecule has 0 saturated carbocycles. The first-order valence-corrected chi connectivity index (χ1v) is 7.25. The number of likely N-dealkylation sites (tertiary alicyclic amines) is 1. The van der Waals surface area contributed by atoms with Gasteiger partial charge in [-0.05, 0) is 31.0 Å². The molecule has 1 aromatic carbocycles. The van der Waals surface area contributed by atoms with E-state index in [1.54, 1.807) is 13.8 Å². The normalized spacial score (nSPS) is 21.0. The van der Waals surface area contributed by atoms with Crippen LogP contribution in [0.3, 0.4) is 0 Å². The number of carbonyl (C=O) groups excluding carboxylic acids is 1. The number of amides is 1. The number of nitrogens with zero attached hydrogens (tertiary/aromatic N) is 2. The van der Waals surface area contributed by atoms with E-state index >= 15 is 0 Å². The first kappa shape index (κ1) is 15.6. The monoisotopic (exact) mass is 322 g/mol. The molecule has 0 bridgehead atoms. The molecular formula is C16H16F2N2O3. The van der Waals surface area contributed by atoms with Crippen LogP contribution in [0.5, 0.6) is 0 Å². The maximum absolute atomic E-state index is 13.5. The molecule has 1 N–H and O–H groups in total. The van der Waals surface area contributed by atoms with Crippen molar-refractivity contribution in [3.05, 3.63) is 52.7 Å². The van der Waals surface area contributed by atoms with Gasteiger partial charge in [-0.1, -0.05) is 6.07 Å². The molecule has 1 aliphatic rings. The highest BCUT2D eigenvalue weighted by Gasteiger charge is 2.38. The van der Waals surface area contributed by atoms with Crippen molar-refractivity contribution in [2.75, 3.05) is 6.54 Å². The Balaban J connectivity index is 1.94. The zero-order valence-electron chi connectivity index (χ0n) is 12.7. The van der Waals surface area contributed by atoms with Gasteiger partial charge in [0.2, 0.25) is 5.76 Å². The summed E-state index contributed by atoms with van der Waals surface area (Å²) in [5, 5.41) is 9.92. The average molecular weight is 322 g/mol. The summed E-state index contributed by atoms with van der Waals surface area (Å²) < 4.78 is 31.9. The van der Waals surface area contributed by atoms with Gasteiger partial charge < -0.3 is 14.4 Å². The number of benzene rings is 1. The molecule has 2 atom stereocenters. The van der Waals surface area contributed by atoms with E-state index in [1.807, 2.05) is 0 Å². The molecule has 2 aromatic rings. The second kappa shape index (κ2) is 5.73. The Kier molecular flexibility index (Phi) is 3.89. The zero-order valence-corrected chi connectivity index (χ0v) is 12.7. The van der Waals surface area contributed by atoms with Crippen LogP contribution in [0.2, 0.25) is 0 Å². The molecular weight excluding hydrogens is 306 g/mol. The first-order chi connectivity index (χ1) is 10.9. The Morgan fingerprint density at radius 3 is 2.70 bits per heavy atom. The molecule has 5 nitrogen and oxygen atoms in total. The molecule has 7 heteroatoms. The van der Waals surface area contributed by atoms with Crippen molar-refractivity contribution >= 4 is 5.91 Å². The zero-order chi connectivity index (χ0) is 16.7. The summed E-state index contributed by atoms with van der Waals surface area (Å²) in [6.45, 7) is 3.39. The van der Waals surface area contributed by atoms with E-state index in [9.17, 15) is 18.7 Å². The van der Waals surface area contributed by atoms with Crippen molar-refractivity contribution in [2.24, 2.45) is 0 Å². The van der Waals surface area contributed by atoms with Crippen molar-refractivity contribution in [1.29, 1.82) is 0 Å². The van der Waals surface area contributed by atoms with Gasteiger partial charge in [0.1, 0.15) is 0 Å². The predicted molar refractivity (Wildman–Crippen MR) is 76.7 cm³/mol. The molecule has 2 heterocycles. The van der Waals surface area contributed by atoms with Gasteiger partial charge in [0.05, 0.1) is 17.8 Å². The van der Waals surface area contributed by atoms with Gasteiger partial charge in [-0.25, -0.2) is 13.8 Å². The highest BCUT2D eigenvalue weighted by Crippen LogP contribution is 2.34. The summed E-state index contributed by atoms with van der Waals surface area (Å²) in [6, 6.07) is 2.94. The molecule has 3 rings (SSSR count). The van der Waals surface area contributed by atoms with Crippen molar-refractivity contribution in [2.45, 2.75) is 32.4 Å². The van der Waals surface area contributed by atoms with Crippen LogP contribution < -0.4 is 0 Å². The van der Waals surface area contributed by atoms with Gasteiger partial charge in [-0.2, -0.15) is 0 Å². The number of aliphatic hydroxyl groups is 1. The highest BCUT2D eigenvalue weighted by molar-refractivity contribution is 5.93. The summed E-state index contributed by atoms with van der Waals surface area (Å²) in [5.41, 5.74) is 0.889. The third kappa shape index (κ3) is 2.84. The molecule has 1 amide bonds. The summed E-state index contributed by atoms with van der Waals surface area (Å²) in [7, 11) is 0. The van der Waals surface area contributed by atoms with E-state index < -0.39 is 29.7 Å². The number of aromatic nitrogens is 1.